The quantitative estimate of drug-likeness (QED) is 0.141. The van der Waals surface area contributed by atoms with Crippen molar-refractivity contribution < 1.29 is 14.3 Å². The van der Waals surface area contributed by atoms with Gasteiger partial charge in [0.25, 0.3) is 0 Å². The predicted molar refractivity (Wildman–Crippen MR) is 106 cm³/mol. The SMILES string of the molecule is CCCCCCCCCCCCCCCC(=O)OCCOCCBr. The third kappa shape index (κ3) is 20.0. The zero-order chi connectivity index (χ0) is 17.7. The summed E-state index contributed by atoms with van der Waals surface area (Å²) < 4.78 is 10.3. The summed E-state index contributed by atoms with van der Waals surface area (Å²) in [6.45, 7) is 3.81. The number of carbonyl (C=O) groups excluding carboxylic acids is 1. The fourth-order valence-corrected chi connectivity index (χ4v) is 2.96. The van der Waals surface area contributed by atoms with Gasteiger partial charge in [-0.15, -0.1) is 0 Å². The Bertz CT molecular complexity index is 259. The smallest absolute Gasteiger partial charge is 0.305 e. The van der Waals surface area contributed by atoms with Crippen LogP contribution in [0.3, 0.4) is 0 Å². The zero-order valence-corrected chi connectivity index (χ0v) is 17.4. The molecule has 0 amide bonds. The second kappa shape index (κ2) is 21.0. The number of ether oxygens (including phenoxy) is 2. The number of carbonyl (C=O) groups is 1. The van der Waals surface area contributed by atoms with Crippen molar-refractivity contribution in [3.63, 3.8) is 0 Å². The van der Waals surface area contributed by atoms with Gasteiger partial charge >= 0.3 is 5.97 Å². The van der Waals surface area contributed by atoms with Gasteiger partial charge < -0.3 is 9.47 Å². The molecule has 0 rings (SSSR count). The van der Waals surface area contributed by atoms with E-state index in [1.807, 2.05) is 0 Å². The van der Waals surface area contributed by atoms with Crippen LogP contribution in [0.25, 0.3) is 0 Å². The Balaban J connectivity index is 3.10. The van der Waals surface area contributed by atoms with E-state index in [1.54, 1.807) is 0 Å². The highest BCUT2D eigenvalue weighted by molar-refractivity contribution is 9.09. The van der Waals surface area contributed by atoms with Gasteiger partial charge in [0, 0.05) is 11.8 Å². The lowest BCUT2D eigenvalue weighted by atomic mass is 10.0. The van der Waals surface area contributed by atoms with Crippen LogP contribution in [-0.4, -0.2) is 31.1 Å². The van der Waals surface area contributed by atoms with Crippen molar-refractivity contribution in [3.05, 3.63) is 0 Å². The second-order valence-electron chi connectivity index (χ2n) is 6.51. The molecule has 0 heterocycles. The van der Waals surface area contributed by atoms with Crippen LogP contribution in [0.4, 0.5) is 0 Å². The Morgan fingerprint density at radius 2 is 1.21 bits per heavy atom. The third-order valence-electron chi connectivity index (χ3n) is 4.20. The number of unbranched alkanes of at least 4 members (excludes halogenated alkanes) is 12. The topological polar surface area (TPSA) is 35.5 Å². The molecule has 0 aliphatic rings. The largest absolute Gasteiger partial charge is 0.463 e. The maximum absolute atomic E-state index is 11.5. The van der Waals surface area contributed by atoms with E-state index < -0.39 is 0 Å². The lowest BCUT2D eigenvalue weighted by Crippen LogP contribution is -2.11. The van der Waals surface area contributed by atoms with E-state index in [2.05, 4.69) is 22.9 Å². The first-order valence-corrected chi connectivity index (χ1v) is 11.2. The number of hydrogen-bond donors (Lipinski definition) is 0. The molecule has 0 unspecified atom stereocenters. The van der Waals surface area contributed by atoms with Crippen molar-refractivity contribution in [3.8, 4) is 0 Å². The number of halogens is 1. The molecule has 144 valence electrons. The molecule has 24 heavy (non-hydrogen) atoms. The minimum Gasteiger partial charge on any atom is -0.463 e. The van der Waals surface area contributed by atoms with Crippen molar-refractivity contribution in [2.75, 3.05) is 25.2 Å². The summed E-state index contributed by atoms with van der Waals surface area (Å²) in [5, 5.41) is 0.819. The highest BCUT2D eigenvalue weighted by Gasteiger charge is 2.02. The number of hydrogen-bond acceptors (Lipinski definition) is 3. The number of esters is 1. The Morgan fingerprint density at radius 1 is 0.708 bits per heavy atom. The lowest BCUT2D eigenvalue weighted by molar-refractivity contribution is -0.145. The molecule has 0 aliphatic heterocycles. The molecule has 0 bridgehead atoms. The molecule has 0 aromatic rings. The van der Waals surface area contributed by atoms with Crippen LogP contribution in [0.1, 0.15) is 96.8 Å². The monoisotopic (exact) mass is 406 g/mol. The van der Waals surface area contributed by atoms with Crippen molar-refractivity contribution >= 4 is 21.9 Å². The molecule has 0 aromatic heterocycles. The van der Waals surface area contributed by atoms with Crippen LogP contribution < -0.4 is 0 Å². The molecule has 0 atom stereocenters. The summed E-state index contributed by atoms with van der Waals surface area (Å²) in [5.41, 5.74) is 0. The second-order valence-corrected chi connectivity index (χ2v) is 7.31. The fraction of sp³-hybridized carbons (Fsp3) is 0.950. The van der Waals surface area contributed by atoms with Crippen LogP contribution in [0.15, 0.2) is 0 Å². The molecule has 0 saturated heterocycles. The van der Waals surface area contributed by atoms with E-state index in [9.17, 15) is 4.79 Å². The average molecular weight is 407 g/mol. The van der Waals surface area contributed by atoms with Crippen LogP contribution in [-0.2, 0) is 14.3 Å². The first-order valence-electron chi connectivity index (χ1n) is 10.1. The van der Waals surface area contributed by atoms with Gasteiger partial charge in [0.1, 0.15) is 6.61 Å². The highest BCUT2D eigenvalue weighted by atomic mass is 79.9. The minimum absolute atomic E-state index is 0.0829. The van der Waals surface area contributed by atoms with E-state index in [1.165, 1.54) is 70.6 Å². The van der Waals surface area contributed by atoms with Crippen molar-refractivity contribution in [2.24, 2.45) is 0 Å². The Labute approximate surface area is 158 Å². The molecular weight excluding hydrogens is 368 g/mol. The molecule has 0 fully saturated rings. The van der Waals surface area contributed by atoms with Gasteiger partial charge in [-0.3, -0.25) is 4.79 Å². The van der Waals surface area contributed by atoms with Crippen LogP contribution in [0.5, 0.6) is 0 Å². The van der Waals surface area contributed by atoms with E-state index in [0.717, 1.165) is 18.2 Å². The summed E-state index contributed by atoms with van der Waals surface area (Å²) in [4.78, 5) is 11.5. The molecule has 0 aromatic carbocycles. The molecular formula is C20H39BrO3. The fourth-order valence-electron chi connectivity index (χ4n) is 2.73. The maximum atomic E-state index is 11.5. The Kier molecular flexibility index (Phi) is 20.9. The van der Waals surface area contributed by atoms with Gasteiger partial charge in [0.05, 0.1) is 13.2 Å². The summed E-state index contributed by atoms with van der Waals surface area (Å²) in [7, 11) is 0. The van der Waals surface area contributed by atoms with Gasteiger partial charge in [-0.05, 0) is 6.42 Å². The van der Waals surface area contributed by atoms with E-state index in [4.69, 9.17) is 9.47 Å². The minimum atomic E-state index is -0.0829. The first-order chi connectivity index (χ1) is 11.8. The summed E-state index contributed by atoms with van der Waals surface area (Å²) in [6, 6.07) is 0. The van der Waals surface area contributed by atoms with Crippen LogP contribution in [0.2, 0.25) is 0 Å². The van der Waals surface area contributed by atoms with E-state index in [-0.39, 0.29) is 5.97 Å². The van der Waals surface area contributed by atoms with E-state index >= 15 is 0 Å². The molecule has 4 heteroatoms. The standard InChI is InChI=1S/C20H39BrO3/c1-2-3-4-5-6-7-8-9-10-11-12-13-14-15-20(22)24-19-18-23-17-16-21/h2-19H2,1H3. The maximum Gasteiger partial charge on any atom is 0.305 e. The average Bonchev–Trinajstić information content (AvgIpc) is 2.59. The van der Waals surface area contributed by atoms with Gasteiger partial charge in [0.15, 0.2) is 0 Å². The number of alkyl halides is 1. The van der Waals surface area contributed by atoms with Gasteiger partial charge in [-0.25, -0.2) is 0 Å². The van der Waals surface area contributed by atoms with E-state index in [0.29, 0.717) is 26.2 Å². The van der Waals surface area contributed by atoms with Gasteiger partial charge in [0.2, 0.25) is 0 Å². The summed E-state index contributed by atoms with van der Waals surface area (Å²) in [6.07, 6.45) is 17.8. The lowest BCUT2D eigenvalue weighted by Gasteiger charge is -2.05. The zero-order valence-electron chi connectivity index (χ0n) is 15.8. The first kappa shape index (κ1) is 23.9. The molecule has 0 saturated carbocycles. The van der Waals surface area contributed by atoms with Crippen molar-refractivity contribution in [2.45, 2.75) is 96.8 Å². The normalized spacial score (nSPS) is 10.9. The van der Waals surface area contributed by atoms with Crippen LogP contribution in [0, 0.1) is 0 Å². The molecule has 0 N–H and O–H groups in total. The van der Waals surface area contributed by atoms with Gasteiger partial charge in [-0.2, -0.15) is 0 Å². The summed E-state index contributed by atoms with van der Waals surface area (Å²) in [5.74, 6) is -0.0829. The third-order valence-corrected chi connectivity index (χ3v) is 4.52. The Morgan fingerprint density at radius 3 is 1.71 bits per heavy atom. The molecule has 0 aliphatic carbocycles. The van der Waals surface area contributed by atoms with Gasteiger partial charge in [-0.1, -0.05) is 99.9 Å². The highest BCUT2D eigenvalue weighted by Crippen LogP contribution is 2.13. The predicted octanol–water partition coefficient (Wildman–Crippen LogP) is 6.42. The molecule has 0 radical (unpaired) electrons. The summed E-state index contributed by atoms with van der Waals surface area (Å²) >= 11 is 3.28. The Hall–Kier alpha value is -0.0900. The molecule has 3 nitrogen and oxygen atoms in total. The van der Waals surface area contributed by atoms with Crippen molar-refractivity contribution in [1.29, 1.82) is 0 Å². The number of rotatable bonds is 19. The van der Waals surface area contributed by atoms with Crippen LogP contribution >= 0.6 is 15.9 Å². The molecule has 0 spiro atoms. The van der Waals surface area contributed by atoms with Crippen molar-refractivity contribution in [1.82, 2.24) is 0 Å².